The molecule has 5 aromatic rings. The van der Waals surface area contributed by atoms with Crippen LogP contribution in [-0.4, -0.2) is 61.0 Å². The number of nitrogens with two attached hydrogens (primary N) is 1. The van der Waals surface area contributed by atoms with Crippen LogP contribution in [0.2, 0.25) is 0 Å². The van der Waals surface area contributed by atoms with Gasteiger partial charge in [-0.15, -0.1) is 0 Å². The van der Waals surface area contributed by atoms with Crippen molar-refractivity contribution in [1.29, 1.82) is 0 Å². The van der Waals surface area contributed by atoms with Gasteiger partial charge in [0.2, 0.25) is 0 Å². The number of carbonyl (C=O) groups excluding carboxylic acids is 1. The predicted octanol–water partition coefficient (Wildman–Crippen LogP) is 5.01. The van der Waals surface area contributed by atoms with Crippen LogP contribution in [-0.2, 0) is 6.54 Å². The third-order valence-electron chi connectivity index (χ3n) is 8.53. The van der Waals surface area contributed by atoms with Crippen molar-refractivity contribution in [1.82, 2.24) is 28.8 Å². The fourth-order valence-electron chi connectivity index (χ4n) is 6.14. The minimum atomic E-state index is -0.0339. The Morgan fingerprint density at radius 2 is 1.95 bits per heavy atom. The Kier molecular flexibility index (Phi) is 6.27. The number of imidazole rings is 1. The fourth-order valence-corrected chi connectivity index (χ4v) is 6.14. The van der Waals surface area contributed by atoms with Crippen molar-refractivity contribution in [2.24, 2.45) is 11.7 Å². The Balaban J connectivity index is 1.36. The van der Waals surface area contributed by atoms with Crippen LogP contribution in [0, 0.1) is 19.8 Å². The molecule has 1 saturated carbocycles. The van der Waals surface area contributed by atoms with E-state index in [-0.39, 0.29) is 11.9 Å². The van der Waals surface area contributed by atoms with Gasteiger partial charge in [-0.3, -0.25) is 14.2 Å². The molecule has 6 heterocycles. The van der Waals surface area contributed by atoms with Gasteiger partial charge in [0.25, 0.3) is 5.91 Å². The molecule has 0 radical (unpaired) electrons. The summed E-state index contributed by atoms with van der Waals surface area (Å²) in [4.78, 5) is 30.0. The maximum Gasteiger partial charge on any atom is 0.254 e. The van der Waals surface area contributed by atoms with Gasteiger partial charge in [0, 0.05) is 60.1 Å². The zero-order valence-corrected chi connectivity index (χ0v) is 23.8. The molecule has 210 valence electrons. The fraction of sp³-hybridized carbons (Fsp3) is 0.375. The number of fused-ring (bicyclic) bond motifs is 2. The molecule has 0 spiro atoms. The monoisotopic (exact) mass is 549 g/mol. The highest BCUT2D eigenvalue weighted by Gasteiger charge is 2.28. The number of hydrogen-bond acceptors (Lipinski definition) is 6. The van der Waals surface area contributed by atoms with Gasteiger partial charge in [0.15, 0.2) is 5.88 Å². The van der Waals surface area contributed by atoms with Crippen molar-refractivity contribution in [3.63, 3.8) is 0 Å². The molecule has 2 fully saturated rings. The quantitative estimate of drug-likeness (QED) is 0.319. The third kappa shape index (κ3) is 4.54. The van der Waals surface area contributed by atoms with Gasteiger partial charge < -0.3 is 19.9 Å². The number of carbonyl (C=O) groups is 1. The highest BCUT2D eigenvalue weighted by molar-refractivity contribution is 5.96. The number of likely N-dealkylation sites (tertiary alicyclic amines) is 1. The minimum absolute atomic E-state index is 0.0168. The number of nitrogens with zero attached hydrogens (tertiary/aromatic N) is 6. The van der Waals surface area contributed by atoms with E-state index in [1.54, 1.807) is 7.11 Å². The Labute approximate surface area is 239 Å². The molecule has 0 aromatic carbocycles. The van der Waals surface area contributed by atoms with Crippen LogP contribution < -0.4 is 10.5 Å². The molecule has 1 amide bonds. The number of piperidine rings is 1. The molecular formula is C32H35N7O2. The van der Waals surface area contributed by atoms with Crippen molar-refractivity contribution in [3.8, 4) is 28.5 Å². The van der Waals surface area contributed by atoms with Crippen LogP contribution in [0.4, 0.5) is 0 Å². The van der Waals surface area contributed by atoms with Crippen molar-refractivity contribution in [2.75, 3.05) is 20.2 Å². The zero-order valence-electron chi connectivity index (χ0n) is 23.8. The summed E-state index contributed by atoms with van der Waals surface area (Å²) in [5, 5.41) is 1.08. The molecule has 5 aromatic heterocycles. The number of rotatable bonds is 6. The molecule has 7 rings (SSSR count). The van der Waals surface area contributed by atoms with Gasteiger partial charge in [-0.1, -0.05) is 0 Å². The molecule has 1 aliphatic carbocycles. The molecule has 9 heteroatoms. The van der Waals surface area contributed by atoms with Gasteiger partial charge >= 0.3 is 0 Å². The van der Waals surface area contributed by atoms with E-state index >= 15 is 0 Å². The van der Waals surface area contributed by atoms with E-state index < -0.39 is 0 Å². The number of amides is 1. The summed E-state index contributed by atoms with van der Waals surface area (Å²) in [6, 6.07) is 14.1. The highest BCUT2D eigenvalue weighted by Crippen LogP contribution is 2.38. The van der Waals surface area contributed by atoms with Crippen molar-refractivity contribution < 1.29 is 9.53 Å². The van der Waals surface area contributed by atoms with E-state index in [0.717, 1.165) is 64.5 Å². The summed E-state index contributed by atoms with van der Waals surface area (Å²) < 4.78 is 10.1. The van der Waals surface area contributed by atoms with E-state index in [0.29, 0.717) is 36.1 Å². The van der Waals surface area contributed by atoms with Crippen molar-refractivity contribution in [2.45, 2.75) is 52.1 Å². The lowest BCUT2D eigenvalue weighted by Crippen LogP contribution is -2.45. The largest absolute Gasteiger partial charge is 0.482 e. The van der Waals surface area contributed by atoms with Gasteiger partial charge in [-0.2, -0.15) is 0 Å². The van der Waals surface area contributed by atoms with E-state index in [9.17, 15) is 4.79 Å². The summed E-state index contributed by atoms with van der Waals surface area (Å²) in [6.45, 7) is 6.25. The van der Waals surface area contributed by atoms with Crippen molar-refractivity contribution >= 4 is 22.6 Å². The molecule has 9 nitrogen and oxygen atoms in total. The summed E-state index contributed by atoms with van der Waals surface area (Å²) in [7, 11) is 1.63. The molecule has 2 N–H and O–H groups in total. The number of ether oxygens (including phenoxy) is 1. The Morgan fingerprint density at radius 3 is 2.71 bits per heavy atom. The number of pyridine rings is 3. The summed E-state index contributed by atoms with van der Waals surface area (Å²) >= 11 is 0. The Hall–Kier alpha value is -4.24. The number of hydrogen-bond donors (Lipinski definition) is 1. The third-order valence-corrected chi connectivity index (χ3v) is 8.53. The number of aryl methyl sites for hydroxylation is 2. The van der Waals surface area contributed by atoms with Crippen LogP contribution >= 0.6 is 0 Å². The van der Waals surface area contributed by atoms with Crippen molar-refractivity contribution in [3.05, 3.63) is 65.6 Å². The van der Waals surface area contributed by atoms with E-state index in [4.69, 9.17) is 20.4 Å². The normalized spacial score (nSPS) is 17.5. The van der Waals surface area contributed by atoms with Crippen LogP contribution in [0.25, 0.3) is 39.3 Å². The molecule has 1 aliphatic heterocycles. The van der Waals surface area contributed by atoms with Crippen LogP contribution in [0.15, 0.2) is 48.7 Å². The summed E-state index contributed by atoms with van der Waals surface area (Å²) in [6.07, 6.45) is 6.13. The average Bonchev–Trinajstić information content (AvgIpc) is 3.65. The molecule has 0 unspecified atom stereocenters. The Morgan fingerprint density at radius 1 is 1.10 bits per heavy atom. The topological polar surface area (TPSA) is 104 Å². The maximum absolute atomic E-state index is 13.5. The average molecular weight is 550 g/mol. The standard InChI is InChI=1S/C32H35N7O2/c1-19-25(7-4-12-34-19)26-11-10-22-14-27(38(31(22)35-26)17-21-8-9-21)30-20(2)39-28(36-30)15-23(16-29(39)41-3)32(40)37-13-5-6-24(33)18-37/h4,7,10-12,14-16,21,24H,5-6,8-9,13,17-18,33H2,1-3H3/t24-/m1/s1. The zero-order chi connectivity index (χ0) is 28.2. The second-order valence-electron chi connectivity index (χ2n) is 11.5. The Bertz CT molecular complexity index is 1800. The first kappa shape index (κ1) is 25.7. The van der Waals surface area contributed by atoms with Gasteiger partial charge in [0.1, 0.15) is 17.0 Å². The first-order chi connectivity index (χ1) is 19.9. The second-order valence-corrected chi connectivity index (χ2v) is 11.5. The van der Waals surface area contributed by atoms with Crippen LogP contribution in [0.1, 0.15) is 47.4 Å². The van der Waals surface area contributed by atoms with Crippen LogP contribution in [0.5, 0.6) is 5.88 Å². The predicted molar refractivity (Wildman–Crippen MR) is 159 cm³/mol. The molecule has 1 saturated heterocycles. The number of aromatic nitrogens is 5. The van der Waals surface area contributed by atoms with Gasteiger partial charge in [-0.25, -0.2) is 9.97 Å². The second kappa shape index (κ2) is 9.99. The molecule has 41 heavy (non-hydrogen) atoms. The lowest BCUT2D eigenvalue weighted by molar-refractivity contribution is 0.0708. The van der Waals surface area contributed by atoms with E-state index in [1.807, 2.05) is 40.6 Å². The lowest BCUT2D eigenvalue weighted by Gasteiger charge is -2.30. The molecule has 2 aliphatic rings. The molecular weight excluding hydrogens is 514 g/mol. The first-order valence-corrected chi connectivity index (χ1v) is 14.5. The first-order valence-electron chi connectivity index (χ1n) is 14.5. The summed E-state index contributed by atoms with van der Waals surface area (Å²) in [5.41, 5.74) is 14.1. The molecule has 0 bridgehead atoms. The molecule has 1 atom stereocenters. The van der Waals surface area contributed by atoms with Gasteiger partial charge in [-0.05, 0) is 81.8 Å². The van der Waals surface area contributed by atoms with Crippen LogP contribution in [0.3, 0.4) is 0 Å². The minimum Gasteiger partial charge on any atom is -0.482 e. The summed E-state index contributed by atoms with van der Waals surface area (Å²) in [5.74, 6) is 1.19. The smallest absolute Gasteiger partial charge is 0.254 e. The lowest BCUT2D eigenvalue weighted by atomic mass is 10.1. The number of methoxy groups -OCH3 is 1. The van der Waals surface area contributed by atoms with E-state index in [2.05, 4.69) is 40.7 Å². The van der Waals surface area contributed by atoms with E-state index in [1.165, 1.54) is 12.8 Å². The highest BCUT2D eigenvalue weighted by atomic mass is 16.5. The maximum atomic E-state index is 13.5. The SMILES string of the molecule is COc1cc(C(=O)N2CCC[C@@H](N)C2)cc2nc(-c3cc4ccc(-c5cccnc5C)nc4n3CC3CC3)c(C)n12. The van der Waals surface area contributed by atoms with Gasteiger partial charge in [0.05, 0.1) is 24.2 Å².